The van der Waals surface area contributed by atoms with Crippen LogP contribution in [0.3, 0.4) is 0 Å². The van der Waals surface area contributed by atoms with Crippen LogP contribution >= 0.6 is 0 Å². The highest BCUT2D eigenvalue weighted by atomic mass is 16.2. The first-order chi connectivity index (χ1) is 14.3. The lowest BCUT2D eigenvalue weighted by atomic mass is 10.2. The molecule has 4 rings (SSSR count). The van der Waals surface area contributed by atoms with E-state index in [-0.39, 0.29) is 5.91 Å². The highest BCUT2D eigenvalue weighted by Crippen LogP contribution is 2.20. The van der Waals surface area contributed by atoms with Crippen molar-refractivity contribution in [3.63, 3.8) is 0 Å². The number of benzene rings is 1. The summed E-state index contributed by atoms with van der Waals surface area (Å²) in [5.41, 5.74) is 11.1. The number of imidazole rings is 1. The predicted octanol–water partition coefficient (Wildman–Crippen LogP) is 4.43. The second-order valence-electron chi connectivity index (χ2n) is 7.68. The Morgan fingerprint density at radius 3 is 2.43 bits per heavy atom. The number of nitrogens with zero attached hydrogens (tertiary/aromatic N) is 4. The second-order valence-corrected chi connectivity index (χ2v) is 7.68. The molecule has 6 heteroatoms. The van der Waals surface area contributed by atoms with Gasteiger partial charge in [0.1, 0.15) is 11.3 Å². The van der Waals surface area contributed by atoms with Crippen molar-refractivity contribution in [1.82, 2.24) is 19.4 Å². The summed E-state index contributed by atoms with van der Waals surface area (Å²) in [7, 11) is 0. The molecular formula is C24H25N5O. The largest absolute Gasteiger partial charge is 0.318 e. The van der Waals surface area contributed by atoms with Crippen molar-refractivity contribution in [2.24, 2.45) is 5.10 Å². The van der Waals surface area contributed by atoms with Crippen molar-refractivity contribution in [1.29, 1.82) is 0 Å². The van der Waals surface area contributed by atoms with E-state index >= 15 is 0 Å². The minimum Gasteiger partial charge on any atom is -0.318 e. The predicted molar refractivity (Wildman–Crippen MR) is 120 cm³/mol. The Kier molecular flexibility index (Phi) is 4.99. The molecule has 3 aromatic heterocycles. The Morgan fingerprint density at radius 2 is 1.70 bits per heavy atom. The highest BCUT2D eigenvalue weighted by molar-refractivity contribution is 5.95. The van der Waals surface area contributed by atoms with Gasteiger partial charge in [0, 0.05) is 28.8 Å². The number of hydrogen-bond donors (Lipinski definition) is 1. The van der Waals surface area contributed by atoms with Gasteiger partial charge in [0.15, 0.2) is 0 Å². The van der Waals surface area contributed by atoms with E-state index in [4.69, 9.17) is 0 Å². The molecule has 1 amide bonds. The molecule has 0 saturated carbocycles. The van der Waals surface area contributed by atoms with Gasteiger partial charge in [-0.2, -0.15) is 5.10 Å². The molecule has 3 heterocycles. The molecule has 0 unspecified atom stereocenters. The van der Waals surface area contributed by atoms with E-state index in [0.29, 0.717) is 11.4 Å². The number of carbonyl (C=O) groups excluding carboxylic acids is 1. The summed E-state index contributed by atoms with van der Waals surface area (Å²) in [5, 5.41) is 4.21. The van der Waals surface area contributed by atoms with E-state index in [1.807, 2.05) is 39.1 Å². The first-order valence-electron chi connectivity index (χ1n) is 9.90. The number of amides is 1. The van der Waals surface area contributed by atoms with Gasteiger partial charge in [-0.3, -0.25) is 9.20 Å². The van der Waals surface area contributed by atoms with Crippen LogP contribution in [0.4, 0.5) is 0 Å². The van der Waals surface area contributed by atoms with Crippen LogP contribution in [0.5, 0.6) is 0 Å². The van der Waals surface area contributed by atoms with Gasteiger partial charge in [-0.25, -0.2) is 10.4 Å². The Bertz CT molecular complexity index is 1280. The Morgan fingerprint density at radius 1 is 1.00 bits per heavy atom. The van der Waals surface area contributed by atoms with Crippen molar-refractivity contribution < 1.29 is 4.79 Å². The fourth-order valence-electron chi connectivity index (χ4n) is 3.76. The molecule has 0 radical (unpaired) electrons. The summed E-state index contributed by atoms with van der Waals surface area (Å²) in [4.78, 5) is 17.2. The number of carbonyl (C=O) groups is 1. The molecule has 1 N–H and O–H groups in total. The fraction of sp³-hybridized carbons (Fsp3) is 0.208. The van der Waals surface area contributed by atoms with Crippen molar-refractivity contribution in [3.8, 4) is 5.69 Å². The molecule has 0 aliphatic rings. The molecule has 0 atom stereocenters. The van der Waals surface area contributed by atoms with Crippen LogP contribution in [0.1, 0.15) is 44.3 Å². The summed E-state index contributed by atoms with van der Waals surface area (Å²) in [6.45, 7) is 10.0. The van der Waals surface area contributed by atoms with Crippen LogP contribution in [-0.4, -0.2) is 26.1 Å². The van der Waals surface area contributed by atoms with Gasteiger partial charge in [0.2, 0.25) is 0 Å². The Hall–Kier alpha value is -3.67. The molecule has 0 spiro atoms. The molecule has 0 aliphatic heterocycles. The maximum atomic E-state index is 12.8. The molecule has 0 bridgehead atoms. The van der Waals surface area contributed by atoms with Crippen molar-refractivity contribution in [2.45, 2.75) is 34.6 Å². The third kappa shape index (κ3) is 3.52. The summed E-state index contributed by atoms with van der Waals surface area (Å²) in [6.07, 6.45) is 3.60. The molecule has 30 heavy (non-hydrogen) atoms. The van der Waals surface area contributed by atoms with Gasteiger partial charge in [0.25, 0.3) is 5.91 Å². The molecule has 6 nitrogen and oxygen atoms in total. The van der Waals surface area contributed by atoms with Crippen LogP contribution in [0.25, 0.3) is 11.3 Å². The quantitative estimate of drug-likeness (QED) is 0.408. The van der Waals surface area contributed by atoms with Crippen LogP contribution in [0.2, 0.25) is 0 Å². The Labute approximate surface area is 175 Å². The molecule has 1 aromatic carbocycles. The van der Waals surface area contributed by atoms with Gasteiger partial charge < -0.3 is 4.57 Å². The van der Waals surface area contributed by atoms with Crippen LogP contribution in [-0.2, 0) is 0 Å². The van der Waals surface area contributed by atoms with E-state index in [9.17, 15) is 4.79 Å². The summed E-state index contributed by atoms with van der Waals surface area (Å²) in [6, 6.07) is 14.4. The standard InChI is InChI=1S/C24H25N5O/c1-15-6-9-21(10-7-15)29-17(3)12-20(19(29)5)13-25-27-24(30)23-18(4)26-22-11-8-16(2)14-28(22)23/h6-14H,1-5H3,(H,27,30)/b25-13-. The first-order valence-corrected chi connectivity index (χ1v) is 9.90. The van der Waals surface area contributed by atoms with Gasteiger partial charge in [-0.1, -0.05) is 23.8 Å². The van der Waals surface area contributed by atoms with Crippen LogP contribution in [0, 0.1) is 34.6 Å². The maximum Gasteiger partial charge on any atom is 0.290 e. The number of hydrazone groups is 1. The number of hydrogen-bond acceptors (Lipinski definition) is 3. The lowest BCUT2D eigenvalue weighted by Gasteiger charge is -2.09. The fourth-order valence-corrected chi connectivity index (χ4v) is 3.76. The van der Waals surface area contributed by atoms with Gasteiger partial charge in [0.05, 0.1) is 11.9 Å². The Balaban J connectivity index is 1.58. The summed E-state index contributed by atoms with van der Waals surface area (Å²) >= 11 is 0. The number of aromatic nitrogens is 3. The molecule has 0 aliphatic carbocycles. The molecule has 0 fully saturated rings. The maximum absolute atomic E-state index is 12.8. The lowest BCUT2D eigenvalue weighted by Crippen LogP contribution is -2.20. The molecule has 4 aromatic rings. The van der Waals surface area contributed by atoms with Gasteiger partial charge in [-0.15, -0.1) is 0 Å². The van der Waals surface area contributed by atoms with Gasteiger partial charge in [-0.05, 0) is 64.4 Å². The van der Waals surface area contributed by atoms with Crippen LogP contribution in [0.15, 0.2) is 53.8 Å². The zero-order valence-corrected chi connectivity index (χ0v) is 17.9. The lowest BCUT2D eigenvalue weighted by molar-refractivity contribution is 0.0948. The van der Waals surface area contributed by atoms with E-state index in [1.54, 1.807) is 10.6 Å². The normalized spacial score (nSPS) is 11.5. The first kappa shape index (κ1) is 19.6. The number of pyridine rings is 1. The van der Waals surface area contributed by atoms with Crippen molar-refractivity contribution in [3.05, 3.63) is 88.1 Å². The number of aryl methyl sites for hydroxylation is 4. The SMILES string of the molecule is Cc1ccc(-n2c(C)cc(/C=N\NC(=O)c3c(C)nc4ccc(C)cn34)c2C)cc1. The third-order valence-electron chi connectivity index (χ3n) is 5.29. The van der Waals surface area contributed by atoms with Crippen molar-refractivity contribution in [2.75, 3.05) is 0 Å². The molecule has 152 valence electrons. The average Bonchev–Trinajstić information content (AvgIpc) is 3.17. The van der Waals surface area contributed by atoms with E-state index < -0.39 is 0 Å². The minimum atomic E-state index is -0.283. The number of fused-ring (bicyclic) bond motifs is 1. The highest BCUT2D eigenvalue weighted by Gasteiger charge is 2.16. The van der Waals surface area contributed by atoms with Gasteiger partial charge >= 0.3 is 0 Å². The smallest absolute Gasteiger partial charge is 0.290 e. The number of nitrogens with one attached hydrogen (secondary N) is 1. The number of rotatable bonds is 4. The second kappa shape index (κ2) is 7.63. The zero-order chi connectivity index (χ0) is 21.4. The average molecular weight is 399 g/mol. The monoisotopic (exact) mass is 399 g/mol. The minimum absolute atomic E-state index is 0.283. The zero-order valence-electron chi connectivity index (χ0n) is 17.9. The summed E-state index contributed by atoms with van der Waals surface area (Å²) < 4.78 is 3.98. The molecular weight excluding hydrogens is 374 g/mol. The molecule has 0 saturated heterocycles. The van der Waals surface area contributed by atoms with E-state index in [1.165, 1.54) is 5.56 Å². The van der Waals surface area contributed by atoms with E-state index in [2.05, 4.69) is 64.3 Å². The van der Waals surface area contributed by atoms with E-state index in [0.717, 1.165) is 33.8 Å². The van der Waals surface area contributed by atoms with Crippen LogP contribution < -0.4 is 5.43 Å². The summed E-state index contributed by atoms with van der Waals surface area (Å²) in [5.74, 6) is -0.283. The topological polar surface area (TPSA) is 63.7 Å². The van der Waals surface area contributed by atoms with Crippen molar-refractivity contribution >= 4 is 17.8 Å². The third-order valence-corrected chi connectivity index (χ3v) is 5.29.